The Morgan fingerprint density at radius 2 is 0.896 bits per heavy atom. The molecule has 3 heterocycles. The van der Waals surface area contributed by atoms with Gasteiger partial charge in [0.05, 0.1) is 0 Å². The minimum absolute atomic E-state index is 0.375. The van der Waals surface area contributed by atoms with Crippen LogP contribution in [0, 0.1) is 0 Å². The Labute approximate surface area is 272 Å². The number of hydrogen-bond donors (Lipinski definition) is 0. The lowest BCUT2D eigenvalue weighted by Gasteiger charge is -2.21. The SMILES string of the molecule is c1ccc2c(-c3ccc(C(c4cccc5nocc45)c4ccc(-c5cccc6ccccc56)c5nonc45)c4nonc34)cccc2c1. The Bertz CT molecular complexity index is 2660. The summed E-state index contributed by atoms with van der Waals surface area (Å²) >= 11 is 0. The monoisotopic (exact) mass is 621 g/mol. The van der Waals surface area contributed by atoms with Gasteiger partial charge in [-0.25, -0.2) is 9.26 Å². The molecule has 10 aromatic rings. The van der Waals surface area contributed by atoms with Gasteiger partial charge in [0.15, 0.2) is 0 Å². The van der Waals surface area contributed by atoms with Crippen LogP contribution in [0.15, 0.2) is 147 Å². The summed E-state index contributed by atoms with van der Waals surface area (Å²) in [5, 5.41) is 27.6. The summed E-state index contributed by atoms with van der Waals surface area (Å²) in [5.41, 5.74) is 10.2. The van der Waals surface area contributed by atoms with Crippen LogP contribution in [0.3, 0.4) is 0 Å². The summed E-state index contributed by atoms with van der Waals surface area (Å²) < 4.78 is 16.4. The standard InChI is InChI=1S/C40H23N5O3/c1-3-12-25-23(8-1)10-5-14-27(25)30-18-20-32(39-37(30)42-47-44-39)36(29-16-7-17-35-34(29)22-46-41-35)33-21-19-31(38-40(33)45-48-43-38)28-15-6-11-24-9-2-4-13-26(24)28/h1-22,36H. The second-order valence-electron chi connectivity index (χ2n) is 11.9. The molecule has 0 aliphatic heterocycles. The number of aromatic nitrogens is 5. The fraction of sp³-hybridized carbons (Fsp3) is 0.0250. The maximum Gasteiger partial charge on any atom is 0.143 e. The molecule has 3 aromatic heterocycles. The molecule has 0 fully saturated rings. The van der Waals surface area contributed by atoms with Crippen molar-refractivity contribution in [3.8, 4) is 22.3 Å². The van der Waals surface area contributed by atoms with E-state index in [1.54, 1.807) is 6.26 Å². The van der Waals surface area contributed by atoms with E-state index in [1.165, 1.54) is 0 Å². The Kier molecular flexibility index (Phi) is 5.77. The highest BCUT2D eigenvalue weighted by Crippen LogP contribution is 2.44. The average Bonchev–Trinajstić information content (AvgIpc) is 3.94. The molecule has 0 amide bonds. The van der Waals surface area contributed by atoms with Crippen molar-refractivity contribution in [2.45, 2.75) is 5.92 Å². The van der Waals surface area contributed by atoms with Gasteiger partial charge < -0.3 is 4.52 Å². The molecule has 8 heteroatoms. The molecule has 7 aromatic carbocycles. The summed E-state index contributed by atoms with van der Waals surface area (Å²) in [6, 6.07) is 43.7. The molecule has 0 aliphatic carbocycles. The molecule has 226 valence electrons. The van der Waals surface area contributed by atoms with E-state index in [0.717, 1.165) is 71.4 Å². The Morgan fingerprint density at radius 3 is 1.50 bits per heavy atom. The van der Waals surface area contributed by atoms with Crippen molar-refractivity contribution in [1.29, 1.82) is 0 Å². The lowest BCUT2D eigenvalue weighted by Crippen LogP contribution is -2.07. The van der Waals surface area contributed by atoms with Crippen LogP contribution in [-0.2, 0) is 0 Å². The fourth-order valence-electron chi connectivity index (χ4n) is 7.26. The third kappa shape index (κ3) is 3.93. The van der Waals surface area contributed by atoms with Crippen LogP contribution in [0.1, 0.15) is 22.6 Å². The second-order valence-corrected chi connectivity index (χ2v) is 11.9. The average molecular weight is 622 g/mol. The van der Waals surface area contributed by atoms with E-state index in [2.05, 4.69) is 117 Å². The first-order chi connectivity index (χ1) is 23.8. The van der Waals surface area contributed by atoms with Crippen molar-refractivity contribution < 1.29 is 13.8 Å². The van der Waals surface area contributed by atoms with Crippen LogP contribution < -0.4 is 0 Å². The van der Waals surface area contributed by atoms with Crippen LogP contribution in [0.2, 0.25) is 0 Å². The van der Waals surface area contributed by atoms with E-state index in [9.17, 15) is 0 Å². The molecule has 8 nitrogen and oxygen atoms in total. The van der Waals surface area contributed by atoms with Crippen molar-refractivity contribution >= 4 is 54.5 Å². The minimum Gasteiger partial charge on any atom is -0.363 e. The molecule has 0 radical (unpaired) electrons. The zero-order valence-corrected chi connectivity index (χ0v) is 25.2. The lowest BCUT2D eigenvalue weighted by molar-refractivity contribution is 0.315. The number of rotatable bonds is 5. The van der Waals surface area contributed by atoms with Crippen LogP contribution in [0.25, 0.3) is 76.8 Å². The van der Waals surface area contributed by atoms with Gasteiger partial charge in [-0.05, 0) is 76.1 Å². The Morgan fingerprint density at radius 1 is 0.375 bits per heavy atom. The predicted octanol–water partition coefficient (Wildman–Crippen LogP) is 9.72. The lowest BCUT2D eigenvalue weighted by atomic mass is 9.81. The molecular weight excluding hydrogens is 598 g/mol. The first-order valence-corrected chi connectivity index (χ1v) is 15.6. The largest absolute Gasteiger partial charge is 0.363 e. The third-order valence-corrected chi connectivity index (χ3v) is 9.42. The molecule has 0 bridgehead atoms. The van der Waals surface area contributed by atoms with Crippen molar-refractivity contribution in [3.05, 3.63) is 150 Å². The fourth-order valence-corrected chi connectivity index (χ4v) is 7.26. The third-order valence-electron chi connectivity index (χ3n) is 9.42. The minimum atomic E-state index is -0.375. The van der Waals surface area contributed by atoms with Gasteiger partial charge in [-0.15, -0.1) is 0 Å². The van der Waals surface area contributed by atoms with Crippen molar-refractivity contribution in [3.63, 3.8) is 0 Å². The zero-order chi connectivity index (χ0) is 31.6. The molecule has 48 heavy (non-hydrogen) atoms. The van der Waals surface area contributed by atoms with Gasteiger partial charge in [0.1, 0.15) is 33.8 Å². The summed E-state index contributed by atoms with van der Waals surface area (Å²) in [7, 11) is 0. The van der Waals surface area contributed by atoms with Gasteiger partial charge >= 0.3 is 0 Å². The van der Waals surface area contributed by atoms with Crippen LogP contribution in [0.4, 0.5) is 0 Å². The maximum atomic E-state index is 5.49. The highest BCUT2D eigenvalue weighted by molar-refractivity contribution is 6.06. The van der Waals surface area contributed by atoms with Crippen LogP contribution in [0.5, 0.6) is 0 Å². The molecule has 0 N–H and O–H groups in total. The zero-order valence-electron chi connectivity index (χ0n) is 25.2. The van der Waals surface area contributed by atoms with Gasteiger partial charge in [0.25, 0.3) is 0 Å². The van der Waals surface area contributed by atoms with Crippen molar-refractivity contribution in [2.24, 2.45) is 0 Å². The van der Waals surface area contributed by atoms with E-state index in [1.807, 2.05) is 36.4 Å². The topological polar surface area (TPSA) is 104 Å². The summed E-state index contributed by atoms with van der Waals surface area (Å²) in [4.78, 5) is 0. The Hall–Kier alpha value is -6.67. The summed E-state index contributed by atoms with van der Waals surface area (Å²) in [5.74, 6) is -0.375. The highest BCUT2D eigenvalue weighted by Gasteiger charge is 2.29. The van der Waals surface area contributed by atoms with Crippen molar-refractivity contribution in [2.75, 3.05) is 0 Å². The normalized spacial score (nSPS) is 11.9. The maximum absolute atomic E-state index is 5.49. The quantitative estimate of drug-likeness (QED) is 0.175. The molecule has 10 rings (SSSR count). The van der Waals surface area contributed by atoms with Gasteiger partial charge in [-0.3, -0.25) is 0 Å². The number of benzene rings is 7. The number of fused-ring (bicyclic) bond motifs is 5. The van der Waals surface area contributed by atoms with E-state index in [4.69, 9.17) is 13.8 Å². The first-order valence-electron chi connectivity index (χ1n) is 15.6. The second kappa shape index (κ2) is 10.4. The molecule has 0 unspecified atom stereocenters. The summed E-state index contributed by atoms with van der Waals surface area (Å²) in [6.07, 6.45) is 1.68. The van der Waals surface area contributed by atoms with Gasteiger partial charge in [-0.2, -0.15) is 0 Å². The van der Waals surface area contributed by atoms with E-state index in [0.29, 0.717) is 22.1 Å². The van der Waals surface area contributed by atoms with Gasteiger partial charge in [0, 0.05) is 22.4 Å². The molecule has 0 atom stereocenters. The molecule has 0 spiro atoms. The first kappa shape index (κ1) is 26.5. The number of nitrogens with zero attached hydrogens (tertiary/aromatic N) is 5. The number of hydrogen-bond acceptors (Lipinski definition) is 8. The highest BCUT2D eigenvalue weighted by atomic mass is 16.6. The molecule has 0 aliphatic rings. The van der Waals surface area contributed by atoms with Gasteiger partial charge in [0.2, 0.25) is 0 Å². The molecule has 0 saturated carbocycles. The Balaban J connectivity index is 1.23. The van der Waals surface area contributed by atoms with Gasteiger partial charge in [-0.1, -0.05) is 126 Å². The van der Waals surface area contributed by atoms with E-state index >= 15 is 0 Å². The van der Waals surface area contributed by atoms with E-state index in [-0.39, 0.29) is 5.92 Å². The van der Waals surface area contributed by atoms with E-state index < -0.39 is 0 Å². The van der Waals surface area contributed by atoms with Crippen LogP contribution >= 0.6 is 0 Å². The van der Waals surface area contributed by atoms with Crippen LogP contribution in [-0.4, -0.2) is 25.8 Å². The predicted molar refractivity (Wildman–Crippen MR) is 184 cm³/mol. The van der Waals surface area contributed by atoms with Crippen molar-refractivity contribution in [1.82, 2.24) is 25.8 Å². The summed E-state index contributed by atoms with van der Waals surface area (Å²) in [6.45, 7) is 0. The smallest absolute Gasteiger partial charge is 0.143 e. The molecular formula is C40H23N5O3. The molecule has 0 saturated heterocycles.